The van der Waals surface area contributed by atoms with Gasteiger partial charge in [-0.25, -0.2) is 0 Å². The molecule has 2 N–H and O–H groups in total. The molecule has 1 amide bonds. The molecule has 1 rings (SSSR count). The molecule has 0 aliphatic rings. The molecule has 21 heavy (non-hydrogen) atoms. The second kappa shape index (κ2) is 8.03. The molecule has 0 radical (unpaired) electrons. The lowest BCUT2D eigenvalue weighted by atomic mass is 9.89. The Labute approximate surface area is 128 Å². The highest BCUT2D eigenvalue weighted by Crippen LogP contribution is 2.20. The SMILES string of the molecule is COCCC(C)(C)CNC(=O)c1ccccc1NC(C)C. The predicted molar refractivity (Wildman–Crippen MR) is 87.8 cm³/mol. The fourth-order valence-electron chi connectivity index (χ4n) is 2.00. The molecular weight excluding hydrogens is 264 g/mol. The first-order chi connectivity index (χ1) is 9.85. The van der Waals surface area contributed by atoms with Gasteiger partial charge >= 0.3 is 0 Å². The molecule has 1 aromatic carbocycles. The maximum absolute atomic E-state index is 12.4. The van der Waals surface area contributed by atoms with Gasteiger partial charge in [0.1, 0.15) is 0 Å². The first-order valence-electron chi connectivity index (χ1n) is 7.48. The molecule has 0 spiro atoms. The van der Waals surface area contributed by atoms with Crippen LogP contribution in [-0.2, 0) is 4.74 Å². The number of para-hydroxylation sites is 1. The Hall–Kier alpha value is -1.55. The highest BCUT2D eigenvalue weighted by atomic mass is 16.5. The van der Waals surface area contributed by atoms with Crippen molar-refractivity contribution >= 4 is 11.6 Å². The zero-order valence-electron chi connectivity index (χ0n) is 13.8. The van der Waals surface area contributed by atoms with E-state index in [4.69, 9.17) is 4.74 Å². The molecule has 0 aliphatic heterocycles. The minimum Gasteiger partial charge on any atom is -0.385 e. The molecule has 0 aliphatic carbocycles. The van der Waals surface area contributed by atoms with E-state index in [1.165, 1.54) is 0 Å². The summed E-state index contributed by atoms with van der Waals surface area (Å²) in [5, 5.41) is 6.33. The number of amides is 1. The van der Waals surface area contributed by atoms with Crippen molar-refractivity contribution in [2.45, 2.75) is 40.2 Å². The molecule has 4 heteroatoms. The number of anilines is 1. The number of hydrogen-bond donors (Lipinski definition) is 2. The molecule has 0 unspecified atom stereocenters. The summed E-state index contributed by atoms with van der Waals surface area (Å²) in [5.74, 6) is -0.0377. The number of ether oxygens (including phenoxy) is 1. The van der Waals surface area contributed by atoms with E-state index in [0.29, 0.717) is 18.7 Å². The van der Waals surface area contributed by atoms with Crippen LogP contribution in [0.4, 0.5) is 5.69 Å². The van der Waals surface area contributed by atoms with Crippen LogP contribution in [-0.4, -0.2) is 32.2 Å². The molecular formula is C17H28N2O2. The number of nitrogens with one attached hydrogen (secondary N) is 2. The highest BCUT2D eigenvalue weighted by Gasteiger charge is 2.20. The van der Waals surface area contributed by atoms with Crippen molar-refractivity contribution in [3.8, 4) is 0 Å². The third-order valence-corrected chi connectivity index (χ3v) is 3.33. The summed E-state index contributed by atoms with van der Waals surface area (Å²) in [4.78, 5) is 12.4. The van der Waals surface area contributed by atoms with E-state index >= 15 is 0 Å². The summed E-state index contributed by atoms with van der Waals surface area (Å²) in [6.45, 7) is 9.71. The van der Waals surface area contributed by atoms with Gasteiger partial charge in [-0.05, 0) is 37.8 Å². The van der Waals surface area contributed by atoms with Crippen LogP contribution in [0.15, 0.2) is 24.3 Å². The number of rotatable bonds is 8. The third-order valence-electron chi connectivity index (χ3n) is 3.33. The Kier molecular flexibility index (Phi) is 6.69. The first-order valence-corrected chi connectivity index (χ1v) is 7.48. The van der Waals surface area contributed by atoms with Crippen LogP contribution >= 0.6 is 0 Å². The second-order valence-corrected chi connectivity index (χ2v) is 6.43. The monoisotopic (exact) mass is 292 g/mol. The van der Waals surface area contributed by atoms with E-state index in [1.807, 2.05) is 24.3 Å². The van der Waals surface area contributed by atoms with Crippen molar-refractivity contribution in [1.82, 2.24) is 5.32 Å². The molecule has 0 bridgehead atoms. The van der Waals surface area contributed by atoms with Gasteiger partial charge in [-0.3, -0.25) is 4.79 Å². The summed E-state index contributed by atoms with van der Waals surface area (Å²) in [7, 11) is 1.70. The fourth-order valence-corrected chi connectivity index (χ4v) is 2.00. The summed E-state index contributed by atoms with van der Waals surface area (Å²) < 4.78 is 5.11. The van der Waals surface area contributed by atoms with Crippen molar-refractivity contribution < 1.29 is 9.53 Å². The Balaban J connectivity index is 2.67. The van der Waals surface area contributed by atoms with Gasteiger partial charge in [-0.2, -0.15) is 0 Å². The summed E-state index contributed by atoms with van der Waals surface area (Å²) in [6.07, 6.45) is 0.912. The molecule has 4 nitrogen and oxygen atoms in total. The van der Waals surface area contributed by atoms with Crippen LogP contribution in [0.1, 0.15) is 44.5 Å². The number of hydrogen-bond acceptors (Lipinski definition) is 3. The van der Waals surface area contributed by atoms with Gasteiger partial charge < -0.3 is 15.4 Å². The summed E-state index contributed by atoms with van der Waals surface area (Å²) in [5.41, 5.74) is 1.58. The topological polar surface area (TPSA) is 50.4 Å². The van der Waals surface area contributed by atoms with E-state index in [-0.39, 0.29) is 17.4 Å². The Morgan fingerprint density at radius 1 is 1.29 bits per heavy atom. The summed E-state index contributed by atoms with van der Waals surface area (Å²) in [6, 6.07) is 7.89. The minimum absolute atomic E-state index is 0.0199. The quantitative estimate of drug-likeness (QED) is 0.773. The van der Waals surface area contributed by atoms with E-state index in [0.717, 1.165) is 12.1 Å². The van der Waals surface area contributed by atoms with E-state index in [2.05, 4.69) is 38.3 Å². The van der Waals surface area contributed by atoms with E-state index in [9.17, 15) is 4.79 Å². The number of carbonyl (C=O) groups excluding carboxylic acids is 1. The molecule has 0 saturated carbocycles. The van der Waals surface area contributed by atoms with Gasteiger partial charge in [0.25, 0.3) is 5.91 Å². The number of carbonyl (C=O) groups is 1. The lowest BCUT2D eigenvalue weighted by molar-refractivity contribution is 0.0921. The molecule has 0 saturated heterocycles. The number of benzene rings is 1. The van der Waals surface area contributed by atoms with Gasteiger partial charge in [-0.1, -0.05) is 26.0 Å². The van der Waals surface area contributed by atoms with E-state index in [1.54, 1.807) is 7.11 Å². The normalized spacial score (nSPS) is 11.5. The van der Waals surface area contributed by atoms with Crippen molar-refractivity contribution in [3.05, 3.63) is 29.8 Å². The van der Waals surface area contributed by atoms with Crippen molar-refractivity contribution in [2.24, 2.45) is 5.41 Å². The molecule has 0 aromatic heterocycles. The van der Waals surface area contributed by atoms with Gasteiger partial charge in [0.15, 0.2) is 0 Å². The van der Waals surface area contributed by atoms with Crippen LogP contribution in [0, 0.1) is 5.41 Å². The number of methoxy groups -OCH3 is 1. The Morgan fingerprint density at radius 2 is 1.95 bits per heavy atom. The average molecular weight is 292 g/mol. The molecule has 0 atom stereocenters. The minimum atomic E-state index is -0.0377. The zero-order chi connectivity index (χ0) is 15.9. The van der Waals surface area contributed by atoms with E-state index < -0.39 is 0 Å². The lowest BCUT2D eigenvalue weighted by Crippen LogP contribution is -2.35. The van der Waals surface area contributed by atoms with Crippen LogP contribution in [0.2, 0.25) is 0 Å². The van der Waals surface area contributed by atoms with Gasteiger partial charge in [0.05, 0.1) is 5.56 Å². The van der Waals surface area contributed by atoms with Gasteiger partial charge in [-0.15, -0.1) is 0 Å². The molecule has 1 aromatic rings. The Bertz CT molecular complexity index is 456. The van der Waals surface area contributed by atoms with Crippen LogP contribution in [0.5, 0.6) is 0 Å². The van der Waals surface area contributed by atoms with Crippen LogP contribution < -0.4 is 10.6 Å². The Morgan fingerprint density at radius 3 is 2.57 bits per heavy atom. The van der Waals surface area contributed by atoms with Crippen molar-refractivity contribution in [1.29, 1.82) is 0 Å². The highest BCUT2D eigenvalue weighted by molar-refractivity contribution is 5.99. The maximum Gasteiger partial charge on any atom is 0.253 e. The molecule has 118 valence electrons. The van der Waals surface area contributed by atoms with Crippen LogP contribution in [0.25, 0.3) is 0 Å². The largest absolute Gasteiger partial charge is 0.385 e. The maximum atomic E-state index is 12.4. The van der Waals surface area contributed by atoms with Crippen LogP contribution in [0.3, 0.4) is 0 Å². The van der Waals surface area contributed by atoms with Crippen molar-refractivity contribution in [3.63, 3.8) is 0 Å². The van der Waals surface area contributed by atoms with Crippen molar-refractivity contribution in [2.75, 3.05) is 25.6 Å². The van der Waals surface area contributed by atoms with Gasteiger partial charge in [0, 0.05) is 32.0 Å². The molecule has 0 heterocycles. The smallest absolute Gasteiger partial charge is 0.253 e. The third kappa shape index (κ3) is 6.17. The molecule has 0 fully saturated rings. The first kappa shape index (κ1) is 17.5. The average Bonchev–Trinajstić information content (AvgIpc) is 2.43. The van der Waals surface area contributed by atoms with Gasteiger partial charge in [0.2, 0.25) is 0 Å². The zero-order valence-corrected chi connectivity index (χ0v) is 13.8. The predicted octanol–water partition coefficient (Wildman–Crippen LogP) is 3.30. The second-order valence-electron chi connectivity index (χ2n) is 6.43. The lowest BCUT2D eigenvalue weighted by Gasteiger charge is -2.25. The standard InChI is InChI=1S/C17H28N2O2/c1-13(2)19-15-9-7-6-8-14(15)16(20)18-12-17(3,4)10-11-21-5/h6-9,13,19H,10-12H2,1-5H3,(H,18,20). The fraction of sp³-hybridized carbons (Fsp3) is 0.588. The summed E-state index contributed by atoms with van der Waals surface area (Å²) >= 11 is 0.